The quantitative estimate of drug-likeness (QED) is 0.846. The summed E-state index contributed by atoms with van der Waals surface area (Å²) in [5, 5.41) is 3.41. The van der Waals surface area contributed by atoms with Crippen LogP contribution in [0.4, 0.5) is 0 Å². The zero-order chi connectivity index (χ0) is 14.5. The van der Waals surface area contributed by atoms with Crippen LogP contribution in [0.15, 0.2) is 24.3 Å². The van der Waals surface area contributed by atoms with Gasteiger partial charge in [-0.15, -0.1) is 0 Å². The molecule has 1 aromatic rings. The second-order valence-corrected chi connectivity index (χ2v) is 5.90. The molecule has 0 heterocycles. The lowest BCUT2D eigenvalue weighted by molar-refractivity contribution is 0.0973. The van der Waals surface area contributed by atoms with Gasteiger partial charge in [-0.05, 0) is 56.5 Å². The Morgan fingerprint density at radius 2 is 2.00 bits per heavy atom. The molecule has 1 amide bonds. The molecule has 0 saturated heterocycles. The van der Waals surface area contributed by atoms with E-state index in [1.54, 1.807) is 0 Å². The van der Waals surface area contributed by atoms with Crippen molar-refractivity contribution in [3.8, 4) is 0 Å². The summed E-state index contributed by atoms with van der Waals surface area (Å²) >= 11 is 5.38. The van der Waals surface area contributed by atoms with Crippen LogP contribution in [0, 0.1) is 12.8 Å². The fourth-order valence-corrected chi connectivity index (χ4v) is 2.37. The number of amides is 1. The number of nitrogens with one attached hydrogen (secondary N) is 1. The first kappa shape index (κ1) is 15.0. The first-order chi connectivity index (χ1) is 9.60. The Hall–Kier alpha value is -1.42. The highest BCUT2D eigenvalue weighted by Crippen LogP contribution is 2.29. The summed E-state index contributed by atoms with van der Waals surface area (Å²) in [5.74, 6) is 0.641. The standard InChI is InChI=1S/C16H22N2OS/c1-3-10-18(11-13-6-7-13)16(20)17-15(19)14-8-4-12(2)5-9-14/h4-5,8-9,13H,3,6-7,10-11H2,1-2H3,(H,17,19,20). The third-order valence-corrected chi connectivity index (χ3v) is 3.85. The minimum Gasteiger partial charge on any atom is -0.349 e. The SMILES string of the molecule is CCCN(CC1CC1)C(=S)NC(=O)c1ccc(C)cc1. The van der Waals surface area contributed by atoms with Crippen LogP contribution in [0.3, 0.4) is 0 Å². The monoisotopic (exact) mass is 290 g/mol. The van der Waals surface area contributed by atoms with E-state index >= 15 is 0 Å². The summed E-state index contributed by atoms with van der Waals surface area (Å²) in [6, 6.07) is 7.54. The van der Waals surface area contributed by atoms with Gasteiger partial charge in [0.1, 0.15) is 0 Å². The molecule has 108 valence electrons. The second-order valence-electron chi connectivity index (χ2n) is 5.51. The van der Waals surface area contributed by atoms with Crippen LogP contribution in [0.25, 0.3) is 0 Å². The Kier molecular flexibility index (Phi) is 5.12. The molecular formula is C16H22N2OS. The van der Waals surface area contributed by atoms with Gasteiger partial charge in [0.2, 0.25) is 0 Å². The Morgan fingerprint density at radius 1 is 1.35 bits per heavy atom. The number of hydrogen-bond acceptors (Lipinski definition) is 2. The molecule has 3 nitrogen and oxygen atoms in total. The molecule has 0 spiro atoms. The molecule has 20 heavy (non-hydrogen) atoms. The maximum atomic E-state index is 12.2. The van der Waals surface area contributed by atoms with E-state index in [9.17, 15) is 4.79 Å². The molecule has 0 aromatic heterocycles. The van der Waals surface area contributed by atoms with Gasteiger partial charge in [-0.1, -0.05) is 24.6 Å². The Bertz CT molecular complexity index is 480. The zero-order valence-corrected chi connectivity index (χ0v) is 13.0. The Morgan fingerprint density at radius 3 is 2.55 bits per heavy atom. The predicted octanol–water partition coefficient (Wildman–Crippen LogP) is 3.13. The number of carbonyl (C=O) groups excluding carboxylic acids is 1. The highest BCUT2D eigenvalue weighted by molar-refractivity contribution is 7.80. The van der Waals surface area contributed by atoms with E-state index in [4.69, 9.17) is 12.2 Å². The van der Waals surface area contributed by atoms with Crippen molar-refractivity contribution in [3.05, 3.63) is 35.4 Å². The first-order valence-electron chi connectivity index (χ1n) is 7.27. The maximum absolute atomic E-state index is 12.2. The number of aryl methyl sites for hydroxylation is 1. The predicted molar refractivity (Wildman–Crippen MR) is 85.8 cm³/mol. The fourth-order valence-electron chi connectivity index (χ4n) is 2.11. The molecule has 1 aliphatic rings. The van der Waals surface area contributed by atoms with Crippen molar-refractivity contribution < 1.29 is 4.79 Å². The van der Waals surface area contributed by atoms with Gasteiger partial charge in [-0.3, -0.25) is 10.1 Å². The molecule has 2 rings (SSSR count). The van der Waals surface area contributed by atoms with Gasteiger partial charge in [0.25, 0.3) is 5.91 Å². The van der Waals surface area contributed by atoms with Gasteiger partial charge in [-0.2, -0.15) is 0 Å². The molecule has 0 atom stereocenters. The van der Waals surface area contributed by atoms with Gasteiger partial charge in [0, 0.05) is 18.7 Å². The largest absolute Gasteiger partial charge is 0.349 e. The lowest BCUT2D eigenvalue weighted by Crippen LogP contribution is -2.44. The van der Waals surface area contributed by atoms with E-state index in [-0.39, 0.29) is 5.91 Å². The van der Waals surface area contributed by atoms with Gasteiger partial charge in [0.05, 0.1) is 0 Å². The van der Waals surface area contributed by atoms with Crippen LogP contribution < -0.4 is 5.32 Å². The molecule has 4 heteroatoms. The van der Waals surface area contributed by atoms with Crippen molar-refractivity contribution in [2.75, 3.05) is 13.1 Å². The summed E-state index contributed by atoms with van der Waals surface area (Å²) < 4.78 is 0. The van der Waals surface area contributed by atoms with Crippen molar-refractivity contribution in [2.24, 2.45) is 5.92 Å². The second kappa shape index (κ2) is 6.84. The van der Waals surface area contributed by atoms with Gasteiger partial charge < -0.3 is 4.90 Å². The minimum atomic E-state index is -0.119. The lowest BCUT2D eigenvalue weighted by Gasteiger charge is -2.24. The Labute approximate surface area is 126 Å². The van der Waals surface area contributed by atoms with Gasteiger partial charge >= 0.3 is 0 Å². The summed E-state index contributed by atoms with van der Waals surface area (Å²) in [7, 11) is 0. The molecule has 0 aliphatic heterocycles. The number of nitrogens with zero attached hydrogens (tertiary/aromatic N) is 1. The lowest BCUT2D eigenvalue weighted by atomic mass is 10.1. The molecule has 1 aliphatic carbocycles. The summed E-state index contributed by atoms with van der Waals surface area (Å²) in [5.41, 5.74) is 1.80. The summed E-state index contributed by atoms with van der Waals surface area (Å²) in [6.45, 7) is 6.01. The van der Waals surface area contributed by atoms with E-state index < -0.39 is 0 Å². The van der Waals surface area contributed by atoms with Crippen molar-refractivity contribution in [1.82, 2.24) is 10.2 Å². The molecule has 0 unspecified atom stereocenters. The fraction of sp³-hybridized carbons (Fsp3) is 0.500. The molecule has 0 bridgehead atoms. The van der Waals surface area contributed by atoms with E-state index in [0.29, 0.717) is 10.7 Å². The molecule has 0 radical (unpaired) electrons. The first-order valence-corrected chi connectivity index (χ1v) is 7.68. The third kappa shape index (κ3) is 4.30. The topological polar surface area (TPSA) is 32.3 Å². The highest BCUT2D eigenvalue weighted by atomic mass is 32.1. The summed E-state index contributed by atoms with van der Waals surface area (Å²) in [4.78, 5) is 14.3. The third-order valence-electron chi connectivity index (χ3n) is 3.49. The number of rotatable bonds is 5. The maximum Gasteiger partial charge on any atom is 0.257 e. The number of hydrogen-bond donors (Lipinski definition) is 1. The molecule has 1 aromatic carbocycles. The normalized spacial score (nSPS) is 13.9. The van der Waals surface area contributed by atoms with Crippen molar-refractivity contribution in [2.45, 2.75) is 33.1 Å². The van der Waals surface area contributed by atoms with Gasteiger partial charge in [-0.25, -0.2) is 0 Å². The molecule has 1 N–H and O–H groups in total. The van der Waals surface area contributed by atoms with Crippen molar-refractivity contribution in [3.63, 3.8) is 0 Å². The number of carbonyl (C=O) groups is 1. The molecule has 1 saturated carbocycles. The average molecular weight is 290 g/mol. The molecular weight excluding hydrogens is 268 g/mol. The van der Waals surface area contributed by atoms with E-state index in [2.05, 4.69) is 17.1 Å². The van der Waals surface area contributed by atoms with Crippen LogP contribution in [-0.4, -0.2) is 29.0 Å². The van der Waals surface area contributed by atoms with Crippen LogP contribution in [0.2, 0.25) is 0 Å². The van der Waals surface area contributed by atoms with E-state index in [0.717, 1.165) is 31.0 Å². The van der Waals surface area contributed by atoms with Crippen LogP contribution in [0.5, 0.6) is 0 Å². The van der Waals surface area contributed by atoms with Gasteiger partial charge in [0.15, 0.2) is 5.11 Å². The minimum absolute atomic E-state index is 0.119. The highest BCUT2D eigenvalue weighted by Gasteiger charge is 2.25. The Balaban J connectivity index is 1.93. The smallest absolute Gasteiger partial charge is 0.257 e. The van der Waals surface area contributed by atoms with Crippen LogP contribution in [0.1, 0.15) is 42.1 Å². The summed E-state index contributed by atoms with van der Waals surface area (Å²) in [6.07, 6.45) is 3.61. The zero-order valence-electron chi connectivity index (χ0n) is 12.2. The van der Waals surface area contributed by atoms with Crippen molar-refractivity contribution >= 4 is 23.2 Å². The van der Waals surface area contributed by atoms with Crippen LogP contribution >= 0.6 is 12.2 Å². The number of benzene rings is 1. The number of thiocarbonyl (C=S) groups is 1. The average Bonchev–Trinajstić information content (AvgIpc) is 3.23. The van der Waals surface area contributed by atoms with Crippen LogP contribution in [-0.2, 0) is 0 Å². The molecule has 1 fully saturated rings. The van der Waals surface area contributed by atoms with E-state index in [1.165, 1.54) is 12.8 Å². The van der Waals surface area contributed by atoms with E-state index in [1.807, 2.05) is 31.2 Å². The van der Waals surface area contributed by atoms with Crippen molar-refractivity contribution in [1.29, 1.82) is 0 Å².